The molecule has 0 aliphatic heterocycles. The van der Waals surface area contributed by atoms with Gasteiger partial charge in [-0.1, -0.05) is 6.92 Å². The third-order valence-electron chi connectivity index (χ3n) is 1.82. The number of hydrogen-bond acceptors (Lipinski definition) is 7. The highest BCUT2D eigenvalue weighted by Gasteiger charge is 1.99. The van der Waals surface area contributed by atoms with Gasteiger partial charge in [-0.3, -0.25) is 0 Å². The zero-order valence-corrected chi connectivity index (χ0v) is 10.9. The molecule has 0 aromatic carbocycles. The highest BCUT2D eigenvalue weighted by molar-refractivity contribution is 5.70. The van der Waals surface area contributed by atoms with Gasteiger partial charge in [-0.15, -0.1) is 0 Å². The van der Waals surface area contributed by atoms with E-state index in [0.717, 1.165) is 13.0 Å². The van der Waals surface area contributed by atoms with Crippen molar-refractivity contribution in [2.45, 2.75) is 13.3 Å². The van der Waals surface area contributed by atoms with E-state index in [9.17, 15) is 4.79 Å². The van der Waals surface area contributed by atoms with Crippen LogP contribution in [-0.4, -0.2) is 58.8 Å². The van der Waals surface area contributed by atoms with Gasteiger partial charge in [-0.2, -0.15) is 5.90 Å². The molecule has 0 radical (unpaired) electrons. The molecule has 0 amide bonds. The van der Waals surface area contributed by atoms with E-state index in [4.69, 9.17) is 18.9 Å². The fourth-order valence-corrected chi connectivity index (χ4v) is 0.994. The predicted molar refractivity (Wildman–Crippen MR) is 63.8 cm³/mol. The Labute approximate surface area is 107 Å². The molecule has 0 saturated heterocycles. The second-order valence-corrected chi connectivity index (χ2v) is 3.38. The molecular weight excluding hydrogens is 242 g/mol. The Hall–Kier alpha value is -0.730. The highest BCUT2D eigenvalue weighted by atomic mass is 16.7. The second kappa shape index (κ2) is 14.3. The van der Waals surface area contributed by atoms with Crippen LogP contribution in [-0.2, 0) is 28.6 Å². The first-order chi connectivity index (χ1) is 8.81. The van der Waals surface area contributed by atoms with Crippen LogP contribution in [0.3, 0.4) is 0 Å². The van der Waals surface area contributed by atoms with Crippen molar-refractivity contribution in [1.29, 1.82) is 0 Å². The third-order valence-corrected chi connectivity index (χ3v) is 1.82. The maximum atomic E-state index is 10.5. The van der Waals surface area contributed by atoms with Crippen LogP contribution in [0.5, 0.6) is 0 Å². The first kappa shape index (κ1) is 17.3. The lowest BCUT2D eigenvalue weighted by molar-refractivity contribution is -0.150. The first-order valence-electron chi connectivity index (χ1n) is 6.01. The quantitative estimate of drug-likeness (QED) is 0.367. The summed E-state index contributed by atoms with van der Waals surface area (Å²) in [6.45, 7) is 5.55. The van der Waals surface area contributed by atoms with E-state index in [1.165, 1.54) is 0 Å². The Morgan fingerprint density at radius 1 is 0.833 bits per heavy atom. The smallest absolute Gasteiger partial charge is 0.350 e. The fourth-order valence-electron chi connectivity index (χ4n) is 0.994. The van der Waals surface area contributed by atoms with Gasteiger partial charge >= 0.3 is 5.97 Å². The van der Waals surface area contributed by atoms with Gasteiger partial charge in [0.15, 0.2) is 0 Å². The normalized spacial score (nSPS) is 10.6. The van der Waals surface area contributed by atoms with Gasteiger partial charge in [0.2, 0.25) is 0 Å². The molecule has 0 aliphatic carbocycles. The lowest BCUT2D eigenvalue weighted by Crippen LogP contribution is -2.18. The van der Waals surface area contributed by atoms with Gasteiger partial charge in [0.05, 0.1) is 39.6 Å². The van der Waals surface area contributed by atoms with E-state index in [2.05, 4.69) is 17.7 Å². The Bertz CT molecular complexity index is 190. The fraction of sp³-hybridized carbons (Fsp3) is 0.909. The van der Waals surface area contributed by atoms with E-state index < -0.39 is 5.97 Å². The molecule has 0 atom stereocenters. The predicted octanol–water partition coefficient (Wildman–Crippen LogP) is -0.120. The molecule has 2 N–H and O–H groups in total. The molecule has 0 spiro atoms. The molecule has 7 heteroatoms. The molecule has 0 aromatic heterocycles. The summed E-state index contributed by atoms with van der Waals surface area (Å²) in [6, 6.07) is 0. The summed E-state index contributed by atoms with van der Waals surface area (Å²) in [7, 11) is 0. The maximum absolute atomic E-state index is 10.5. The number of carbonyl (C=O) groups is 1. The lowest BCUT2D eigenvalue weighted by Gasteiger charge is -2.06. The summed E-state index contributed by atoms with van der Waals surface area (Å²) in [4.78, 5) is 14.5. The number of nitrogens with two attached hydrogens (primary N) is 1. The van der Waals surface area contributed by atoms with Gasteiger partial charge in [0.1, 0.15) is 6.61 Å². The second-order valence-electron chi connectivity index (χ2n) is 3.38. The van der Waals surface area contributed by atoms with Crippen molar-refractivity contribution in [1.82, 2.24) is 0 Å². The largest absolute Gasteiger partial charge is 0.379 e. The molecule has 0 aromatic rings. The minimum atomic E-state index is -0.606. The SMILES string of the molecule is CCCOCCOCCOCCOCC(=O)ON. The third kappa shape index (κ3) is 13.3. The standard InChI is InChI=1S/C11H23NO6/c1-2-3-14-4-5-15-6-7-16-8-9-17-10-11(13)18-12/h2-10,12H2,1H3. The Balaban J connectivity index is 2.97. The van der Waals surface area contributed by atoms with Crippen molar-refractivity contribution in [3.05, 3.63) is 0 Å². The van der Waals surface area contributed by atoms with Crippen LogP contribution < -0.4 is 5.90 Å². The van der Waals surface area contributed by atoms with E-state index in [-0.39, 0.29) is 6.61 Å². The van der Waals surface area contributed by atoms with E-state index in [1.54, 1.807) is 0 Å². The van der Waals surface area contributed by atoms with Crippen molar-refractivity contribution in [3.8, 4) is 0 Å². The Morgan fingerprint density at radius 3 is 1.72 bits per heavy atom. The van der Waals surface area contributed by atoms with Crippen molar-refractivity contribution in [3.63, 3.8) is 0 Å². The highest BCUT2D eigenvalue weighted by Crippen LogP contribution is 1.84. The molecule has 0 aliphatic rings. The van der Waals surface area contributed by atoms with Crippen molar-refractivity contribution in [2.75, 3.05) is 52.9 Å². The van der Waals surface area contributed by atoms with Gasteiger partial charge in [0, 0.05) is 6.61 Å². The van der Waals surface area contributed by atoms with Crippen LogP contribution in [0, 0.1) is 0 Å². The number of hydrogen-bond donors (Lipinski definition) is 1. The van der Waals surface area contributed by atoms with Crippen LogP contribution in [0.15, 0.2) is 0 Å². The first-order valence-corrected chi connectivity index (χ1v) is 6.01. The average Bonchev–Trinajstić information content (AvgIpc) is 2.39. The molecule has 0 bridgehead atoms. The number of ether oxygens (including phenoxy) is 4. The van der Waals surface area contributed by atoms with Crippen LogP contribution in [0.4, 0.5) is 0 Å². The molecule has 108 valence electrons. The minimum absolute atomic E-state index is 0.162. The van der Waals surface area contributed by atoms with Crippen LogP contribution in [0.2, 0.25) is 0 Å². The summed E-state index contributed by atoms with van der Waals surface area (Å²) in [5.74, 6) is 4.02. The lowest BCUT2D eigenvalue weighted by atomic mass is 10.5. The van der Waals surface area contributed by atoms with E-state index >= 15 is 0 Å². The zero-order chi connectivity index (χ0) is 13.5. The summed E-state index contributed by atoms with van der Waals surface area (Å²) >= 11 is 0. The van der Waals surface area contributed by atoms with Crippen LogP contribution in [0.25, 0.3) is 0 Å². The molecule has 18 heavy (non-hydrogen) atoms. The monoisotopic (exact) mass is 265 g/mol. The zero-order valence-electron chi connectivity index (χ0n) is 10.9. The summed E-state index contributed by atoms with van der Waals surface area (Å²) < 4.78 is 20.6. The molecule has 7 nitrogen and oxygen atoms in total. The molecule has 0 saturated carbocycles. The molecule has 0 unspecified atom stereocenters. The summed E-state index contributed by atoms with van der Waals surface area (Å²) in [5, 5.41) is 0. The van der Waals surface area contributed by atoms with Crippen LogP contribution >= 0.6 is 0 Å². The van der Waals surface area contributed by atoms with E-state index in [0.29, 0.717) is 39.6 Å². The van der Waals surface area contributed by atoms with Crippen molar-refractivity contribution < 1.29 is 28.6 Å². The van der Waals surface area contributed by atoms with Gasteiger partial charge < -0.3 is 23.8 Å². The number of carbonyl (C=O) groups excluding carboxylic acids is 1. The topological polar surface area (TPSA) is 89.2 Å². The molecular formula is C11H23NO6. The minimum Gasteiger partial charge on any atom is -0.379 e. The van der Waals surface area contributed by atoms with Gasteiger partial charge in [-0.05, 0) is 6.42 Å². The Morgan fingerprint density at radius 2 is 1.28 bits per heavy atom. The van der Waals surface area contributed by atoms with E-state index in [1.807, 2.05) is 0 Å². The molecule has 0 rings (SSSR count). The van der Waals surface area contributed by atoms with Crippen molar-refractivity contribution in [2.24, 2.45) is 5.90 Å². The summed E-state index contributed by atoms with van der Waals surface area (Å²) in [6.07, 6.45) is 1.01. The maximum Gasteiger partial charge on any atom is 0.350 e. The van der Waals surface area contributed by atoms with Gasteiger partial charge in [-0.25, -0.2) is 4.79 Å². The average molecular weight is 265 g/mol. The number of rotatable bonds is 13. The Kier molecular flexibility index (Phi) is 13.8. The van der Waals surface area contributed by atoms with Crippen LogP contribution in [0.1, 0.15) is 13.3 Å². The van der Waals surface area contributed by atoms with Crippen molar-refractivity contribution >= 4 is 5.97 Å². The molecule has 0 heterocycles. The van der Waals surface area contributed by atoms with Gasteiger partial charge in [0.25, 0.3) is 0 Å². The summed E-state index contributed by atoms with van der Waals surface area (Å²) in [5.41, 5.74) is 0. The molecule has 0 fully saturated rings.